The summed E-state index contributed by atoms with van der Waals surface area (Å²) in [5.74, 6) is -1.16. The Morgan fingerprint density at radius 3 is 1.88 bits per heavy atom. The minimum atomic E-state index is -0.580. The van der Waals surface area contributed by atoms with Crippen molar-refractivity contribution in [1.82, 2.24) is 9.97 Å². The average molecular weight is 442 g/mol. The van der Waals surface area contributed by atoms with E-state index in [1.54, 1.807) is 24.5 Å². The largest absolute Gasteiger partial charge is 0.366 e. The van der Waals surface area contributed by atoms with Gasteiger partial charge in [-0.3, -0.25) is 19.6 Å². The SMILES string of the molecule is NC(=O)c1cnccc1-c1cc2ccc3cccc4ccc(c1-c1ccncc1C(N)=O)c2c34. The maximum Gasteiger partial charge on any atom is 0.250 e. The Morgan fingerprint density at radius 1 is 0.618 bits per heavy atom. The van der Waals surface area contributed by atoms with Crippen LogP contribution in [0.2, 0.25) is 0 Å². The second-order valence-corrected chi connectivity index (χ2v) is 8.23. The van der Waals surface area contributed by atoms with Crippen LogP contribution < -0.4 is 11.5 Å². The lowest BCUT2D eigenvalue weighted by Crippen LogP contribution is -2.14. The Labute approximate surface area is 194 Å². The summed E-state index contributed by atoms with van der Waals surface area (Å²) in [5, 5.41) is 6.43. The molecule has 0 saturated heterocycles. The van der Waals surface area contributed by atoms with E-state index in [0.717, 1.165) is 43.4 Å². The van der Waals surface area contributed by atoms with Crippen molar-refractivity contribution in [3.63, 3.8) is 0 Å². The van der Waals surface area contributed by atoms with Gasteiger partial charge in [0.1, 0.15) is 0 Å². The highest BCUT2D eigenvalue weighted by Gasteiger charge is 2.22. The summed E-state index contributed by atoms with van der Waals surface area (Å²) in [7, 11) is 0. The highest BCUT2D eigenvalue weighted by Crippen LogP contribution is 2.45. The van der Waals surface area contributed by atoms with E-state index in [2.05, 4.69) is 46.4 Å². The van der Waals surface area contributed by atoms with Crippen molar-refractivity contribution in [3.05, 3.63) is 96.6 Å². The van der Waals surface area contributed by atoms with Crippen molar-refractivity contribution in [2.24, 2.45) is 11.5 Å². The molecule has 0 bridgehead atoms. The lowest BCUT2D eigenvalue weighted by molar-refractivity contribution is 0.0992. The molecular weight excluding hydrogens is 424 g/mol. The van der Waals surface area contributed by atoms with Crippen LogP contribution in [0.25, 0.3) is 54.6 Å². The fourth-order valence-electron chi connectivity index (χ4n) is 4.95. The molecule has 4 N–H and O–H groups in total. The van der Waals surface area contributed by atoms with Crippen LogP contribution in [0.3, 0.4) is 0 Å². The number of aromatic nitrogens is 2. The Kier molecular flexibility index (Phi) is 4.28. The minimum absolute atomic E-state index is 0.297. The molecule has 0 aliphatic carbocycles. The number of pyridine rings is 2. The summed E-state index contributed by atoms with van der Waals surface area (Å²) in [5.41, 5.74) is 14.9. The number of hydrogen-bond acceptors (Lipinski definition) is 4. The number of benzene rings is 4. The van der Waals surface area contributed by atoms with Crippen molar-refractivity contribution >= 4 is 44.1 Å². The summed E-state index contributed by atoms with van der Waals surface area (Å²) in [6, 6.07) is 20.1. The van der Waals surface area contributed by atoms with Crippen LogP contribution in [0.4, 0.5) is 0 Å². The van der Waals surface area contributed by atoms with E-state index < -0.39 is 11.8 Å². The predicted molar refractivity (Wildman–Crippen MR) is 134 cm³/mol. The second kappa shape index (κ2) is 7.35. The number of primary amides is 2. The van der Waals surface area contributed by atoms with E-state index in [1.165, 1.54) is 12.4 Å². The van der Waals surface area contributed by atoms with Gasteiger partial charge in [-0.2, -0.15) is 0 Å². The predicted octanol–water partition coefficient (Wildman–Crippen LogP) is 4.91. The van der Waals surface area contributed by atoms with E-state index in [1.807, 2.05) is 12.1 Å². The van der Waals surface area contributed by atoms with Crippen LogP contribution in [0.1, 0.15) is 20.7 Å². The Bertz CT molecular complexity index is 1760. The molecule has 162 valence electrons. The van der Waals surface area contributed by atoms with Crippen LogP contribution in [-0.2, 0) is 0 Å². The van der Waals surface area contributed by atoms with Crippen LogP contribution in [0.5, 0.6) is 0 Å². The molecule has 0 atom stereocenters. The average Bonchev–Trinajstić information content (AvgIpc) is 2.86. The highest BCUT2D eigenvalue weighted by molar-refractivity contribution is 6.28. The summed E-state index contributed by atoms with van der Waals surface area (Å²) >= 11 is 0. The smallest absolute Gasteiger partial charge is 0.250 e. The van der Waals surface area contributed by atoms with Crippen LogP contribution in [0, 0.1) is 0 Å². The molecule has 6 heteroatoms. The molecule has 0 aliphatic rings. The summed E-state index contributed by atoms with van der Waals surface area (Å²) < 4.78 is 0. The fraction of sp³-hybridized carbons (Fsp3) is 0. The molecular formula is C28H18N4O2. The van der Waals surface area contributed by atoms with Gasteiger partial charge in [-0.1, -0.05) is 42.5 Å². The van der Waals surface area contributed by atoms with Gasteiger partial charge in [0.2, 0.25) is 0 Å². The maximum atomic E-state index is 12.4. The van der Waals surface area contributed by atoms with Gasteiger partial charge in [0.25, 0.3) is 11.8 Å². The van der Waals surface area contributed by atoms with Crippen molar-refractivity contribution in [3.8, 4) is 22.3 Å². The molecule has 4 aromatic carbocycles. The molecule has 6 aromatic rings. The van der Waals surface area contributed by atoms with E-state index in [-0.39, 0.29) is 0 Å². The number of rotatable bonds is 4. The van der Waals surface area contributed by atoms with Crippen molar-refractivity contribution in [2.75, 3.05) is 0 Å². The molecule has 0 spiro atoms. The zero-order valence-corrected chi connectivity index (χ0v) is 17.9. The normalized spacial score (nSPS) is 11.4. The van der Waals surface area contributed by atoms with Crippen LogP contribution in [-0.4, -0.2) is 21.8 Å². The third-order valence-electron chi connectivity index (χ3n) is 6.38. The third kappa shape index (κ3) is 2.82. The van der Waals surface area contributed by atoms with Crippen molar-refractivity contribution in [1.29, 1.82) is 0 Å². The van der Waals surface area contributed by atoms with Gasteiger partial charge < -0.3 is 11.5 Å². The molecule has 6 rings (SSSR count). The first-order valence-electron chi connectivity index (χ1n) is 10.7. The molecule has 0 aliphatic heterocycles. The van der Waals surface area contributed by atoms with Gasteiger partial charge >= 0.3 is 0 Å². The van der Waals surface area contributed by atoms with Crippen molar-refractivity contribution < 1.29 is 9.59 Å². The fourth-order valence-corrected chi connectivity index (χ4v) is 4.95. The van der Waals surface area contributed by atoms with E-state index in [4.69, 9.17) is 11.5 Å². The first-order chi connectivity index (χ1) is 16.5. The zero-order valence-electron chi connectivity index (χ0n) is 17.9. The molecule has 2 heterocycles. The monoisotopic (exact) mass is 442 g/mol. The van der Waals surface area contributed by atoms with Gasteiger partial charge in [0.15, 0.2) is 0 Å². The number of carbonyl (C=O) groups is 2. The quantitative estimate of drug-likeness (QED) is 0.378. The number of nitrogens with zero attached hydrogens (tertiary/aromatic N) is 2. The molecule has 2 amide bonds. The molecule has 0 unspecified atom stereocenters. The van der Waals surface area contributed by atoms with Gasteiger partial charge in [-0.25, -0.2) is 0 Å². The molecule has 6 nitrogen and oxygen atoms in total. The summed E-state index contributed by atoms with van der Waals surface area (Å²) in [6.45, 7) is 0. The third-order valence-corrected chi connectivity index (χ3v) is 6.38. The van der Waals surface area contributed by atoms with Gasteiger partial charge in [-0.05, 0) is 72.8 Å². The molecule has 0 fully saturated rings. The number of nitrogens with two attached hydrogens (primary N) is 2. The summed E-state index contributed by atoms with van der Waals surface area (Å²) in [4.78, 5) is 32.9. The van der Waals surface area contributed by atoms with E-state index >= 15 is 0 Å². The summed E-state index contributed by atoms with van der Waals surface area (Å²) in [6.07, 6.45) is 6.19. The van der Waals surface area contributed by atoms with Crippen molar-refractivity contribution in [2.45, 2.75) is 0 Å². The first-order valence-corrected chi connectivity index (χ1v) is 10.7. The number of carbonyl (C=O) groups excluding carboxylic acids is 2. The number of amides is 2. The van der Waals surface area contributed by atoms with Gasteiger partial charge in [-0.15, -0.1) is 0 Å². The van der Waals surface area contributed by atoms with Gasteiger partial charge in [0, 0.05) is 24.8 Å². The molecule has 0 radical (unpaired) electrons. The second-order valence-electron chi connectivity index (χ2n) is 8.23. The van der Waals surface area contributed by atoms with E-state index in [9.17, 15) is 9.59 Å². The maximum absolute atomic E-state index is 12.4. The van der Waals surface area contributed by atoms with Gasteiger partial charge in [0.05, 0.1) is 11.1 Å². The topological polar surface area (TPSA) is 112 Å². The highest BCUT2D eigenvalue weighted by atomic mass is 16.1. The zero-order chi connectivity index (χ0) is 23.4. The Balaban J connectivity index is 1.87. The van der Waals surface area contributed by atoms with E-state index in [0.29, 0.717) is 22.3 Å². The minimum Gasteiger partial charge on any atom is -0.366 e. The Morgan fingerprint density at radius 2 is 1.21 bits per heavy atom. The standard InChI is InChI=1S/C28H18N4O2/c29-27(33)22-13-31-10-8-18(22)21-12-17-5-4-15-2-1-3-16-6-7-20(25(17)24(15)16)26(21)19-9-11-32-14-23(19)28(30)34/h1-14H,(H2,29,33)(H2,30,34). The number of hydrogen-bond donors (Lipinski definition) is 2. The van der Waals surface area contributed by atoms with Crippen LogP contribution >= 0.6 is 0 Å². The molecule has 34 heavy (non-hydrogen) atoms. The first kappa shape index (κ1) is 19.8. The lowest BCUT2D eigenvalue weighted by atomic mass is 9.83. The lowest BCUT2D eigenvalue weighted by Gasteiger charge is -2.20. The molecule has 2 aromatic heterocycles. The Hall–Kier alpha value is -4.84. The molecule has 0 saturated carbocycles. The van der Waals surface area contributed by atoms with Crippen LogP contribution in [0.15, 0.2) is 85.5 Å².